The summed E-state index contributed by atoms with van der Waals surface area (Å²) in [4.78, 5) is 18.5. The van der Waals surface area contributed by atoms with E-state index in [1.54, 1.807) is 4.57 Å². The fraction of sp³-hybridized carbons (Fsp3) is 0.429. The predicted molar refractivity (Wildman–Crippen MR) is 73.3 cm³/mol. The third-order valence-electron chi connectivity index (χ3n) is 3.50. The Labute approximate surface area is 111 Å². The number of hydrogen-bond donors (Lipinski definition) is 0. The number of rotatable bonds is 3. The van der Waals surface area contributed by atoms with Crippen molar-refractivity contribution in [2.24, 2.45) is 0 Å². The molecule has 100 valence electrons. The first kappa shape index (κ1) is 12.3. The molecule has 19 heavy (non-hydrogen) atoms. The lowest BCUT2D eigenvalue weighted by Gasteiger charge is -2.26. The molecule has 5 heteroatoms. The van der Waals surface area contributed by atoms with Crippen LogP contribution in [0, 0.1) is 0 Å². The van der Waals surface area contributed by atoms with Gasteiger partial charge in [-0.3, -0.25) is 9.69 Å². The van der Waals surface area contributed by atoms with Crippen LogP contribution in [0.4, 0.5) is 0 Å². The molecule has 0 saturated carbocycles. The lowest BCUT2D eigenvalue weighted by atomic mass is 10.3. The zero-order valence-electron chi connectivity index (χ0n) is 10.8. The van der Waals surface area contributed by atoms with E-state index in [4.69, 9.17) is 4.74 Å². The fourth-order valence-electron chi connectivity index (χ4n) is 2.41. The maximum Gasteiger partial charge on any atom is 0.269 e. The van der Waals surface area contributed by atoms with E-state index < -0.39 is 0 Å². The van der Waals surface area contributed by atoms with Gasteiger partial charge in [0.25, 0.3) is 5.56 Å². The Kier molecular flexibility index (Phi) is 3.57. The first-order valence-corrected chi connectivity index (χ1v) is 6.59. The summed E-state index contributed by atoms with van der Waals surface area (Å²) in [6.45, 7) is 5.02. The highest BCUT2D eigenvalue weighted by Gasteiger charge is 2.11. The summed E-state index contributed by atoms with van der Waals surface area (Å²) >= 11 is 0. The number of benzene rings is 1. The van der Waals surface area contributed by atoms with Crippen LogP contribution >= 0.6 is 0 Å². The van der Waals surface area contributed by atoms with Crippen LogP contribution in [0.1, 0.15) is 0 Å². The zero-order valence-corrected chi connectivity index (χ0v) is 10.8. The molecular formula is C14H17N3O2. The zero-order chi connectivity index (χ0) is 13.1. The molecule has 1 aliphatic heterocycles. The van der Waals surface area contributed by atoms with Gasteiger partial charge in [0.15, 0.2) is 0 Å². The van der Waals surface area contributed by atoms with Crippen LogP contribution in [0.2, 0.25) is 0 Å². The highest BCUT2D eigenvalue weighted by Crippen LogP contribution is 2.08. The first-order valence-electron chi connectivity index (χ1n) is 6.59. The minimum Gasteiger partial charge on any atom is -0.379 e. The minimum atomic E-state index is -0.0352. The molecule has 1 aliphatic rings. The number of nitrogens with zero attached hydrogens (tertiary/aromatic N) is 3. The summed E-state index contributed by atoms with van der Waals surface area (Å²) in [5.41, 5.74) is 1.74. The Morgan fingerprint density at radius 1 is 1.16 bits per heavy atom. The highest BCUT2D eigenvalue weighted by molar-refractivity contribution is 5.74. The molecule has 0 bridgehead atoms. The Morgan fingerprint density at radius 3 is 2.79 bits per heavy atom. The van der Waals surface area contributed by atoms with E-state index in [2.05, 4.69) is 9.88 Å². The lowest BCUT2D eigenvalue weighted by Crippen LogP contribution is -2.39. The molecule has 1 aromatic heterocycles. The van der Waals surface area contributed by atoms with Crippen molar-refractivity contribution in [2.45, 2.75) is 6.54 Å². The van der Waals surface area contributed by atoms with E-state index >= 15 is 0 Å². The molecule has 0 spiro atoms. The van der Waals surface area contributed by atoms with Crippen molar-refractivity contribution >= 4 is 11.0 Å². The van der Waals surface area contributed by atoms with E-state index in [1.165, 1.54) is 6.20 Å². The van der Waals surface area contributed by atoms with Gasteiger partial charge in [0.05, 0.1) is 30.4 Å². The third-order valence-corrected chi connectivity index (χ3v) is 3.50. The van der Waals surface area contributed by atoms with Crippen LogP contribution in [-0.4, -0.2) is 47.3 Å². The lowest BCUT2D eigenvalue weighted by molar-refractivity contribution is 0.0364. The number of fused-ring (bicyclic) bond motifs is 1. The molecule has 0 atom stereocenters. The van der Waals surface area contributed by atoms with E-state index in [-0.39, 0.29) is 5.56 Å². The molecule has 0 radical (unpaired) electrons. The topological polar surface area (TPSA) is 47.4 Å². The van der Waals surface area contributed by atoms with Crippen molar-refractivity contribution in [3.05, 3.63) is 40.8 Å². The molecule has 3 rings (SSSR count). The minimum absolute atomic E-state index is 0.0352. The van der Waals surface area contributed by atoms with Gasteiger partial charge < -0.3 is 9.30 Å². The van der Waals surface area contributed by atoms with Crippen molar-refractivity contribution in [1.82, 2.24) is 14.5 Å². The summed E-state index contributed by atoms with van der Waals surface area (Å²) in [5, 5.41) is 0. The molecule has 1 saturated heterocycles. The van der Waals surface area contributed by atoms with Gasteiger partial charge in [0.2, 0.25) is 0 Å². The first-order chi connectivity index (χ1) is 9.34. The summed E-state index contributed by atoms with van der Waals surface area (Å²) in [6, 6.07) is 7.75. The molecule has 2 aromatic rings. The molecule has 0 N–H and O–H groups in total. The maximum atomic E-state index is 12.0. The molecule has 0 unspecified atom stereocenters. The summed E-state index contributed by atoms with van der Waals surface area (Å²) in [5.74, 6) is 0. The number of para-hydroxylation sites is 2. The molecular weight excluding hydrogens is 242 g/mol. The summed E-state index contributed by atoms with van der Waals surface area (Å²) < 4.78 is 7.13. The Morgan fingerprint density at radius 2 is 1.95 bits per heavy atom. The van der Waals surface area contributed by atoms with Crippen LogP contribution in [-0.2, 0) is 11.3 Å². The van der Waals surface area contributed by atoms with Crippen LogP contribution in [0.5, 0.6) is 0 Å². The van der Waals surface area contributed by atoms with Gasteiger partial charge in [-0.1, -0.05) is 12.1 Å². The molecule has 0 amide bonds. The van der Waals surface area contributed by atoms with Crippen LogP contribution in [0.3, 0.4) is 0 Å². The van der Waals surface area contributed by atoms with E-state index in [0.29, 0.717) is 6.54 Å². The van der Waals surface area contributed by atoms with Gasteiger partial charge in [0, 0.05) is 26.2 Å². The highest BCUT2D eigenvalue weighted by atomic mass is 16.5. The van der Waals surface area contributed by atoms with Gasteiger partial charge in [0.1, 0.15) is 0 Å². The van der Waals surface area contributed by atoms with Gasteiger partial charge >= 0.3 is 0 Å². The predicted octanol–water partition coefficient (Wildman–Crippen LogP) is 0.729. The van der Waals surface area contributed by atoms with E-state index in [9.17, 15) is 4.79 Å². The Balaban J connectivity index is 1.83. The van der Waals surface area contributed by atoms with Crippen LogP contribution < -0.4 is 5.56 Å². The third kappa shape index (κ3) is 2.67. The van der Waals surface area contributed by atoms with Crippen molar-refractivity contribution in [3.8, 4) is 0 Å². The average molecular weight is 259 g/mol. The molecule has 1 fully saturated rings. The summed E-state index contributed by atoms with van der Waals surface area (Å²) in [7, 11) is 0. The van der Waals surface area contributed by atoms with Crippen LogP contribution in [0.15, 0.2) is 35.3 Å². The van der Waals surface area contributed by atoms with Gasteiger partial charge in [-0.2, -0.15) is 0 Å². The summed E-state index contributed by atoms with van der Waals surface area (Å²) in [6.07, 6.45) is 1.40. The van der Waals surface area contributed by atoms with Crippen molar-refractivity contribution in [3.63, 3.8) is 0 Å². The van der Waals surface area contributed by atoms with Crippen molar-refractivity contribution < 1.29 is 4.74 Å². The smallest absolute Gasteiger partial charge is 0.269 e. The molecule has 2 heterocycles. The number of aromatic nitrogens is 2. The molecule has 1 aromatic carbocycles. The van der Waals surface area contributed by atoms with Gasteiger partial charge in [-0.05, 0) is 12.1 Å². The number of morpholine rings is 1. The second-order valence-corrected chi connectivity index (χ2v) is 4.69. The second kappa shape index (κ2) is 5.50. The fourth-order valence-corrected chi connectivity index (χ4v) is 2.41. The molecule has 5 nitrogen and oxygen atoms in total. The molecule has 0 aliphatic carbocycles. The normalized spacial score (nSPS) is 16.8. The maximum absolute atomic E-state index is 12.0. The SMILES string of the molecule is O=c1cnc2ccccc2n1CCN1CCOCC1. The Bertz CT molecular complexity index is 617. The van der Waals surface area contributed by atoms with Gasteiger partial charge in [-0.15, -0.1) is 0 Å². The van der Waals surface area contributed by atoms with Crippen molar-refractivity contribution in [1.29, 1.82) is 0 Å². The number of ether oxygens (including phenoxy) is 1. The second-order valence-electron chi connectivity index (χ2n) is 4.69. The van der Waals surface area contributed by atoms with Crippen LogP contribution in [0.25, 0.3) is 11.0 Å². The quantitative estimate of drug-likeness (QED) is 0.815. The van der Waals surface area contributed by atoms with E-state index in [1.807, 2.05) is 24.3 Å². The monoisotopic (exact) mass is 259 g/mol. The largest absolute Gasteiger partial charge is 0.379 e. The average Bonchev–Trinajstić information content (AvgIpc) is 2.47. The standard InChI is InChI=1S/C14H17N3O2/c18-14-11-15-12-3-1-2-4-13(12)17(14)6-5-16-7-9-19-10-8-16/h1-4,11H,5-10H2. The van der Waals surface area contributed by atoms with Gasteiger partial charge in [-0.25, -0.2) is 4.98 Å². The number of hydrogen-bond acceptors (Lipinski definition) is 4. The Hall–Kier alpha value is -1.72. The van der Waals surface area contributed by atoms with Crippen molar-refractivity contribution in [2.75, 3.05) is 32.8 Å². The van der Waals surface area contributed by atoms with E-state index in [0.717, 1.165) is 43.9 Å².